The second-order valence-corrected chi connectivity index (χ2v) is 4.16. The van der Waals surface area contributed by atoms with Gasteiger partial charge in [-0.15, -0.1) is 0 Å². The topological polar surface area (TPSA) is 58.6 Å². The molecule has 2 N–H and O–H groups in total. The largest absolute Gasteiger partial charge is 0.465 e. The smallest absolute Gasteiger partial charge is 0.319 e. The summed E-state index contributed by atoms with van der Waals surface area (Å²) >= 11 is 0. The zero-order chi connectivity index (χ0) is 11.1. The molecule has 0 radical (unpaired) electrons. The van der Waals surface area contributed by atoms with Crippen molar-refractivity contribution >= 4 is 5.97 Å². The Morgan fingerprint density at radius 3 is 2.60 bits per heavy atom. The molecule has 0 amide bonds. The van der Waals surface area contributed by atoms with Gasteiger partial charge in [0.05, 0.1) is 19.8 Å². The molecule has 0 saturated heterocycles. The van der Waals surface area contributed by atoms with Gasteiger partial charge in [-0.2, -0.15) is 0 Å². The Balaban J connectivity index is 2.35. The molecular weight excluding hydrogens is 194 g/mol. The van der Waals surface area contributed by atoms with E-state index in [0.717, 1.165) is 25.7 Å². The van der Waals surface area contributed by atoms with Crippen molar-refractivity contribution in [3.8, 4) is 0 Å². The lowest BCUT2D eigenvalue weighted by Crippen LogP contribution is -2.51. The van der Waals surface area contributed by atoms with Gasteiger partial charge in [0.1, 0.15) is 0 Å². The monoisotopic (exact) mass is 215 g/mol. The second-order valence-electron chi connectivity index (χ2n) is 4.16. The van der Waals surface area contributed by atoms with Crippen molar-refractivity contribution in [2.45, 2.75) is 44.6 Å². The van der Waals surface area contributed by atoms with Gasteiger partial charge in [0.2, 0.25) is 0 Å². The van der Waals surface area contributed by atoms with E-state index in [1.54, 1.807) is 6.92 Å². The van der Waals surface area contributed by atoms with Crippen LogP contribution in [-0.4, -0.2) is 36.4 Å². The number of hydrogen-bond acceptors (Lipinski definition) is 4. The van der Waals surface area contributed by atoms with Gasteiger partial charge < -0.3 is 9.84 Å². The minimum atomic E-state index is -0.245. The van der Waals surface area contributed by atoms with E-state index in [1.807, 2.05) is 0 Å². The van der Waals surface area contributed by atoms with E-state index in [4.69, 9.17) is 4.74 Å². The van der Waals surface area contributed by atoms with Crippen LogP contribution in [0.3, 0.4) is 0 Å². The molecule has 1 rings (SSSR count). The molecule has 0 aromatic rings. The number of carbonyl (C=O) groups excluding carboxylic acids is 1. The van der Waals surface area contributed by atoms with Crippen LogP contribution in [0.4, 0.5) is 0 Å². The van der Waals surface area contributed by atoms with Crippen LogP contribution in [0.1, 0.15) is 39.0 Å². The fourth-order valence-electron chi connectivity index (χ4n) is 2.09. The number of aliphatic hydroxyl groups excluding tert-OH is 1. The highest BCUT2D eigenvalue weighted by Gasteiger charge is 2.31. The number of nitrogens with one attached hydrogen (secondary N) is 1. The zero-order valence-corrected chi connectivity index (χ0v) is 9.42. The molecule has 88 valence electrons. The SMILES string of the molecule is CCOC(=O)CNC1(CO)CCCCC1. The van der Waals surface area contributed by atoms with Gasteiger partial charge in [-0.3, -0.25) is 10.1 Å². The van der Waals surface area contributed by atoms with Crippen molar-refractivity contribution < 1.29 is 14.6 Å². The first-order valence-electron chi connectivity index (χ1n) is 5.74. The summed E-state index contributed by atoms with van der Waals surface area (Å²) in [4.78, 5) is 11.2. The second kappa shape index (κ2) is 6.08. The molecule has 1 fully saturated rings. The van der Waals surface area contributed by atoms with Crippen LogP contribution < -0.4 is 5.32 Å². The van der Waals surface area contributed by atoms with Crippen molar-refractivity contribution in [2.24, 2.45) is 0 Å². The first-order chi connectivity index (χ1) is 7.22. The first kappa shape index (κ1) is 12.5. The molecule has 0 aromatic heterocycles. The highest BCUT2D eigenvalue weighted by atomic mass is 16.5. The first-order valence-corrected chi connectivity index (χ1v) is 5.74. The Morgan fingerprint density at radius 1 is 1.40 bits per heavy atom. The normalized spacial score (nSPS) is 19.9. The van der Waals surface area contributed by atoms with Crippen molar-refractivity contribution in [3.05, 3.63) is 0 Å². The number of hydrogen-bond donors (Lipinski definition) is 2. The third-order valence-corrected chi connectivity index (χ3v) is 3.03. The number of aliphatic hydroxyl groups is 1. The summed E-state index contributed by atoms with van der Waals surface area (Å²) in [7, 11) is 0. The molecule has 0 aromatic carbocycles. The van der Waals surface area contributed by atoms with E-state index in [1.165, 1.54) is 6.42 Å². The predicted octanol–water partition coefficient (Wildman–Crippen LogP) is 0.834. The molecule has 0 spiro atoms. The fraction of sp³-hybridized carbons (Fsp3) is 0.909. The zero-order valence-electron chi connectivity index (χ0n) is 9.42. The van der Waals surface area contributed by atoms with Gasteiger partial charge in [0.15, 0.2) is 0 Å². The van der Waals surface area contributed by atoms with Gasteiger partial charge in [0, 0.05) is 5.54 Å². The predicted molar refractivity (Wildman–Crippen MR) is 57.5 cm³/mol. The Bertz CT molecular complexity index is 200. The number of carbonyl (C=O) groups is 1. The number of ether oxygens (including phenoxy) is 1. The Hall–Kier alpha value is -0.610. The molecule has 1 saturated carbocycles. The van der Waals surface area contributed by atoms with Crippen LogP contribution in [0.2, 0.25) is 0 Å². The summed E-state index contributed by atoms with van der Waals surface area (Å²) in [5.41, 5.74) is -0.245. The summed E-state index contributed by atoms with van der Waals surface area (Å²) in [6.07, 6.45) is 5.36. The molecule has 0 aliphatic heterocycles. The minimum Gasteiger partial charge on any atom is -0.465 e. The van der Waals surface area contributed by atoms with E-state index in [0.29, 0.717) is 6.61 Å². The van der Waals surface area contributed by atoms with E-state index in [9.17, 15) is 9.90 Å². The molecule has 1 aliphatic carbocycles. The molecule has 1 aliphatic rings. The van der Waals surface area contributed by atoms with Crippen LogP contribution in [0.15, 0.2) is 0 Å². The third kappa shape index (κ3) is 3.80. The lowest BCUT2D eigenvalue weighted by Gasteiger charge is -2.36. The summed E-state index contributed by atoms with van der Waals surface area (Å²) in [5.74, 6) is -0.240. The van der Waals surface area contributed by atoms with Crippen molar-refractivity contribution in [3.63, 3.8) is 0 Å². The molecule has 0 atom stereocenters. The van der Waals surface area contributed by atoms with Crippen LogP contribution in [0.5, 0.6) is 0 Å². The molecule has 0 heterocycles. The van der Waals surface area contributed by atoms with E-state index >= 15 is 0 Å². The Labute approximate surface area is 91.0 Å². The molecule has 4 heteroatoms. The average molecular weight is 215 g/mol. The van der Waals surface area contributed by atoms with Crippen molar-refractivity contribution in [1.29, 1.82) is 0 Å². The van der Waals surface area contributed by atoms with Crippen LogP contribution in [0, 0.1) is 0 Å². The Kier molecular flexibility index (Phi) is 5.05. The van der Waals surface area contributed by atoms with Gasteiger partial charge in [-0.25, -0.2) is 0 Å². The maximum absolute atomic E-state index is 11.2. The molecule has 0 unspecified atom stereocenters. The summed E-state index contributed by atoms with van der Waals surface area (Å²) in [6, 6.07) is 0. The lowest BCUT2D eigenvalue weighted by molar-refractivity contribution is -0.142. The lowest BCUT2D eigenvalue weighted by atomic mass is 9.82. The summed E-state index contributed by atoms with van der Waals surface area (Å²) in [6.45, 7) is 2.51. The van der Waals surface area contributed by atoms with E-state index < -0.39 is 0 Å². The van der Waals surface area contributed by atoms with E-state index in [-0.39, 0.29) is 24.7 Å². The van der Waals surface area contributed by atoms with Gasteiger partial charge in [-0.05, 0) is 19.8 Å². The average Bonchev–Trinajstić information content (AvgIpc) is 2.28. The highest BCUT2D eigenvalue weighted by molar-refractivity contribution is 5.71. The van der Waals surface area contributed by atoms with Crippen LogP contribution in [0.25, 0.3) is 0 Å². The van der Waals surface area contributed by atoms with Crippen LogP contribution in [-0.2, 0) is 9.53 Å². The maximum Gasteiger partial charge on any atom is 0.319 e. The van der Waals surface area contributed by atoms with Gasteiger partial charge >= 0.3 is 5.97 Å². The van der Waals surface area contributed by atoms with E-state index in [2.05, 4.69) is 5.32 Å². The number of rotatable bonds is 5. The third-order valence-electron chi connectivity index (χ3n) is 3.03. The summed E-state index contributed by atoms with van der Waals surface area (Å²) < 4.78 is 4.84. The maximum atomic E-state index is 11.2. The molecule has 4 nitrogen and oxygen atoms in total. The summed E-state index contributed by atoms with van der Waals surface area (Å²) in [5, 5.41) is 12.5. The van der Waals surface area contributed by atoms with Crippen LogP contribution >= 0.6 is 0 Å². The minimum absolute atomic E-state index is 0.104. The van der Waals surface area contributed by atoms with Gasteiger partial charge in [-0.1, -0.05) is 19.3 Å². The highest BCUT2D eigenvalue weighted by Crippen LogP contribution is 2.27. The quantitative estimate of drug-likeness (QED) is 0.667. The fourth-order valence-corrected chi connectivity index (χ4v) is 2.09. The molecule has 0 bridgehead atoms. The molecule has 15 heavy (non-hydrogen) atoms. The van der Waals surface area contributed by atoms with Crippen molar-refractivity contribution in [2.75, 3.05) is 19.8 Å². The Morgan fingerprint density at radius 2 is 2.07 bits per heavy atom. The number of esters is 1. The van der Waals surface area contributed by atoms with Crippen molar-refractivity contribution in [1.82, 2.24) is 5.32 Å². The standard InChI is InChI=1S/C11H21NO3/c1-2-15-10(14)8-12-11(9-13)6-4-3-5-7-11/h12-13H,2-9H2,1H3. The van der Waals surface area contributed by atoms with Gasteiger partial charge in [0.25, 0.3) is 0 Å². The molecular formula is C11H21NO3.